The lowest BCUT2D eigenvalue weighted by molar-refractivity contribution is 0.415. The van der Waals surface area contributed by atoms with Crippen LogP contribution in [0.2, 0.25) is 0 Å². The van der Waals surface area contributed by atoms with Crippen LogP contribution in [0, 0.1) is 0 Å². The molecule has 0 aliphatic rings. The molecule has 3 nitrogen and oxygen atoms in total. The molecular weight excluding hydrogens is 248 g/mol. The summed E-state index contributed by atoms with van der Waals surface area (Å²) in [5, 5.41) is 0. The molecule has 0 heterocycles. The van der Waals surface area contributed by atoms with E-state index in [-0.39, 0.29) is 0 Å². The van der Waals surface area contributed by atoms with E-state index in [4.69, 9.17) is 10.5 Å². The van der Waals surface area contributed by atoms with Crippen LogP contribution in [0.25, 0.3) is 0 Å². The van der Waals surface area contributed by atoms with Gasteiger partial charge in [0, 0.05) is 31.0 Å². The van der Waals surface area contributed by atoms with Crippen molar-refractivity contribution in [2.45, 2.75) is 12.8 Å². The van der Waals surface area contributed by atoms with Crippen LogP contribution in [0.15, 0.2) is 48.5 Å². The van der Waals surface area contributed by atoms with Gasteiger partial charge in [-0.25, -0.2) is 0 Å². The van der Waals surface area contributed by atoms with E-state index in [2.05, 4.69) is 30.1 Å². The zero-order valence-electron chi connectivity index (χ0n) is 12.2. The van der Waals surface area contributed by atoms with Gasteiger partial charge in [0.2, 0.25) is 0 Å². The second-order valence-electron chi connectivity index (χ2n) is 4.97. The fourth-order valence-corrected chi connectivity index (χ4v) is 2.25. The van der Waals surface area contributed by atoms with Crippen molar-refractivity contribution in [2.24, 2.45) is 0 Å². The summed E-state index contributed by atoms with van der Waals surface area (Å²) in [4.78, 5) is 2.24. The minimum atomic E-state index is 0.837. The van der Waals surface area contributed by atoms with Crippen molar-refractivity contribution in [1.29, 1.82) is 0 Å². The van der Waals surface area contributed by atoms with Gasteiger partial charge in [-0.05, 0) is 42.7 Å². The Morgan fingerprint density at radius 2 is 1.90 bits per heavy atom. The SMILES string of the molecule is COc1cccc(N(C)CCCc2cccc(N)c2)c1. The van der Waals surface area contributed by atoms with E-state index in [1.54, 1.807) is 7.11 Å². The summed E-state index contributed by atoms with van der Waals surface area (Å²) in [5.74, 6) is 0.894. The first-order valence-corrected chi connectivity index (χ1v) is 6.88. The molecule has 0 spiro atoms. The van der Waals surface area contributed by atoms with Crippen LogP contribution in [0.4, 0.5) is 11.4 Å². The topological polar surface area (TPSA) is 38.5 Å². The number of nitrogens with two attached hydrogens (primary N) is 1. The number of rotatable bonds is 6. The summed E-state index contributed by atoms with van der Waals surface area (Å²) < 4.78 is 5.25. The normalized spacial score (nSPS) is 10.3. The van der Waals surface area contributed by atoms with Crippen molar-refractivity contribution in [3.8, 4) is 5.75 Å². The maximum atomic E-state index is 5.79. The summed E-state index contributed by atoms with van der Waals surface area (Å²) in [6.45, 7) is 1.00. The van der Waals surface area contributed by atoms with E-state index in [9.17, 15) is 0 Å². The molecule has 0 saturated carbocycles. The Kier molecular flexibility index (Phi) is 4.88. The van der Waals surface area contributed by atoms with Crippen LogP contribution in [0.1, 0.15) is 12.0 Å². The van der Waals surface area contributed by atoms with Gasteiger partial charge in [0.05, 0.1) is 7.11 Å². The molecule has 2 aromatic carbocycles. The molecule has 2 rings (SSSR count). The smallest absolute Gasteiger partial charge is 0.120 e. The number of anilines is 2. The van der Waals surface area contributed by atoms with Crippen LogP contribution in [0.5, 0.6) is 5.75 Å². The predicted octanol–water partition coefficient (Wildman–Crippen LogP) is 3.35. The average Bonchev–Trinajstić information content (AvgIpc) is 2.47. The number of nitrogen functional groups attached to an aromatic ring is 1. The molecule has 0 atom stereocenters. The lowest BCUT2D eigenvalue weighted by Crippen LogP contribution is -2.18. The molecular formula is C17H22N2O. The summed E-state index contributed by atoms with van der Waals surface area (Å²) in [5.41, 5.74) is 9.10. The molecule has 0 radical (unpaired) electrons. The van der Waals surface area contributed by atoms with E-state index in [1.165, 1.54) is 11.3 Å². The fourth-order valence-electron chi connectivity index (χ4n) is 2.25. The molecule has 0 fully saturated rings. The number of ether oxygens (including phenoxy) is 1. The summed E-state index contributed by atoms with van der Waals surface area (Å²) in [7, 11) is 3.80. The first kappa shape index (κ1) is 14.3. The third-order valence-corrected chi connectivity index (χ3v) is 3.40. The lowest BCUT2D eigenvalue weighted by atomic mass is 10.1. The minimum Gasteiger partial charge on any atom is -0.497 e. The second-order valence-corrected chi connectivity index (χ2v) is 4.97. The largest absolute Gasteiger partial charge is 0.497 e. The Balaban J connectivity index is 1.87. The third kappa shape index (κ3) is 3.92. The molecule has 0 unspecified atom stereocenters. The van der Waals surface area contributed by atoms with E-state index in [1.807, 2.05) is 30.3 Å². The summed E-state index contributed by atoms with van der Waals surface area (Å²) >= 11 is 0. The predicted molar refractivity (Wildman–Crippen MR) is 85.4 cm³/mol. The van der Waals surface area contributed by atoms with Crippen LogP contribution >= 0.6 is 0 Å². The van der Waals surface area contributed by atoms with E-state index < -0.39 is 0 Å². The van der Waals surface area contributed by atoms with Crippen LogP contribution < -0.4 is 15.4 Å². The number of hydrogen-bond donors (Lipinski definition) is 1. The number of nitrogens with zero attached hydrogens (tertiary/aromatic N) is 1. The van der Waals surface area contributed by atoms with Gasteiger partial charge in [-0.1, -0.05) is 18.2 Å². The zero-order valence-corrected chi connectivity index (χ0v) is 12.2. The maximum Gasteiger partial charge on any atom is 0.120 e. The zero-order chi connectivity index (χ0) is 14.4. The highest BCUT2D eigenvalue weighted by Crippen LogP contribution is 2.20. The van der Waals surface area contributed by atoms with Crippen molar-refractivity contribution >= 4 is 11.4 Å². The van der Waals surface area contributed by atoms with Crippen molar-refractivity contribution in [2.75, 3.05) is 31.3 Å². The number of methoxy groups -OCH3 is 1. The van der Waals surface area contributed by atoms with Gasteiger partial charge in [-0.3, -0.25) is 0 Å². The number of benzene rings is 2. The second kappa shape index (κ2) is 6.85. The lowest BCUT2D eigenvalue weighted by Gasteiger charge is -2.19. The Hall–Kier alpha value is -2.16. The highest BCUT2D eigenvalue weighted by Gasteiger charge is 2.02. The van der Waals surface area contributed by atoms with Gasteiger partial charge >= 0.3 is 0 Å². The van der Waals surface area contributed by atoms with Gasteiger partial charge in [0.25, 0.3) is 0 Å². The van der Waals surface area contributed by atoms with Gasteiger partial charge in [0.15, 0.2) is 0 Å². The van der Waals surface area contributed by atoms with Crippen molar-refractivity contribution in [3.05, 3.63) is 54.1 Å². The Bertz CT molecular complexity index is 554. The minimum absolute atomic E-state index is 0.837. The van der Waals surface area contributed by atoms with Gasteiger partial charge in [0.1, 0.15) is 5.75 Å². The van der Waals surface area contributed by atoms with Crippen molar-refractivity contribution in [3.63, 3.8) is 0 Å². The van der Waals surface area contributed by atoms with Gasteiger partial charge in [-0.15, -0.1) is 0 Å². The molecule has 0 aromatic heterocycles. The fraction of sp³-hybridized carbons (Fsp3) is 0.294. The molecule has 0 aliphatic heterocycles. The average molecular weight is 270 g/mol. The summed E-state index contributed by atoms with van der Waals surface area (Å²) in [6.07, 6.45) is 2.14. The number of hydrogen-bond acceptors (Lipinski definition) is 3. The van der Waals surface area contributed by atoms with E-state index in [0.29, 0.717) is 0 Å². The van der Waals surface area contributed by atoms with E-state index in [0.717, 1.165) is 30.8 Å². The van der Waals surface area contributed by atoms with E-state index >= 15 is 0 Å². The van der Waals surface area contributed by atoms with Gasteiger partial charge < -0.3 is 15.4 Å². The van der Waals surface area contributed by atoms with Gasteiger partial charge in [-0.2, -0.15) is 0 Å². The maximum absolute atomic E-state index is 5.79. The number of aryl methyl sites for hydroxylation is 1. The molecule has 3 heteroatoms. The monoisotopic (exact) mass is 270 g/mol. The molecule has 0 saturated heterocycles. The highest BCUT2D eigenvalue weighted by atomic mass is 16.5. The molecule has 0 amide bonds. The standard InChI is InChI=1S/C17H22N2O/c1-19(16-9-4-10-17(13-16)20-2)11-5-7-14-6-3-8-15(18)12-14/h3-4,6,8-10,12-13H,5,7,11,18H2,1-2H3. The van der Waals surface area contributed by atoms with Crippen LogP contribution in [-0.4, -0.2) is 20.7 Å². The molecule has 0 aliphatic carbocycles. The van der Waals surface area contributed by atoms with Crippen LogP contribution in [-0.2, 0) is 6.42 Å². The molecule has 20 heavy (non-hydrogen) atoms. The third-order valence-electron chi connectivity index (χ3n) is 3.40. The molecule has 2 N–H and O–H groups in total. The Labute approximate surface area is 121 Å². The first-order valence-electron chi connectivity index (χ1n) is 6.88. The Morgan fingerprint density at radius 3 is 2.65 bits per heavy atom. The molecule has 2 aromatic rings. The first-order chi connectivity index (χ1) is 9.69. The van der Waals surface area contributed by atoms with Crippen LogP contribution in [0.3, 0.4) is 0 Å². The summed E-state index contributed by atoms with van der Waals surface area (Å²) in [6, 6.07) is 16.2. The molecule has 0 bridgehead atoms. The Morgan fingerprint density at radius 1 is 1.10 bits per heavy atom. The van der Waals surface area contributed by atoms with Crippen molar-refractivity contribution in [1.82, 2.24) is 0 Å². The molecule has 106 valence electrons. The highest BCUT2D eigenvalue weighted by molar-refractivity contribution is 5.50. The van der Waals surface area contributed by atoms with Crippen molar-refractivity contribution < 1.29 is 4.74 Å². The quantitative estimate of drug-likeness (QED) is 0.818.